The zero-order chi connectivity index (χ0) is 14.9. The number of nitrogens with zero attached hydrogens (tertiary/aromatic N) is 2. The van der Waals surface area contributed by atoms with Gasteiger partial charge in [-0.3, -0.25) is 4.98 Å². The van der Waals surface area contributed by atoms with Gasteiger partial charge in [0.05, 0.1) is 12.2 Å². The first-order valence-electron chi connectivity index (χ1n) is 7.25. The summed E-state index contributed by atoms with van der Waals surface area (Å²) in [6, 6.07) is 10.2. The van der Waals surface area contributed by atoms with Crippen LogP contribution in [0.25, 0.3) is 0 Å². The van der Waals surface area contributed by atoms with Gasteiger partial charge in [-0.2, -0.15) is 0 Å². The van der Waals surface area contributed by atoms with Crippen LogP contribution >= 0.6 is 35.3 Å². The Morgan fingerprint density at radius 3 is 2.77 bits per heavy atom. The van der Waals surface area contributed by atoms with Gasteiger partial charge in [0, 0.05) is 30.1 Å². The standard InChI is InChI=1S/C16H22N4S.HI/c1-3-17-16(20-12-14-7-4-5-9-18-14)19-11-13(2)15-8-6-10-21-15;/h4-10,13H,3,11-12H2,1-2H3,(H2,17,19,20);1H. The summed E-state index contributed by atoms with van der Waals surface area (Å²) in [6.45, 7) is 6.60. The molecule has 0 bridgehead atoms. The van der Waals surface area contributed by atoms with Gasteiger partial charge in [0.25, 0.3) is 0 Å². The fourth-order valence-electron chi connectivity index (χ4n) is 1.92. The van der Waals surface area contributed by atoms with Gasteiger partial charge >= 0.3 is 0 Å². The Labute approximate surface area is 153 Å². The zero-order valence-corrected chi connectivity index (χ0v) is 16.1. The highest BCUT2D eigenvalue weighted by atomic mass is 127. The summed E-state index contributed by atoms with van der Waals surface area (Å²) >= 11 is 1.80. The Bertz CT molecular complexity index is 543. The SMILES string of the molecule is CCNC(=NCc1ccccn1)NCC(C)c1cccs1.I. The molecule has 2 aromatic heterocycles. The van der Waals surface area contributed by atoms with Gasteiger partial charge in [-0.15, -0.1) is 35.3 Å². The number of hydrogen-bond acceptors (Lipinski definition) is 3. The molecule has 0 aromatic carbocycles. The van der Waals surface area contributed by atoms with Crippen molar-refractivity contribution in [3.63, 3.8) is 0 Å². The van der Waals surface area contributed by atoms with Crippen molar-refractivity contribution in [1.82, 2.24) is 15.6 Å². The molecule has 2 rings (SSSR count). The molecule has 2 N–H and O–H groups in total. The van der Waals surface area contributed by atoms with E-state index >= 15 is 0 Å². The van der Waals surface area contributed by atoms with E-state index in [-0.39, 0.29) is 24.0 Å². The molecular formula is C16H23IN4S. The van der Waals surface area contributed by atoms with Crippen LogP contribution in [0.2, 0.25) is 0 Å². The normalized spacial score (nSPS) is 12.4. The minimum absolute atomic E-state index is 0. The average Bonchev–Trinajstić information content (AvgIpc) is 3.05. The van der Waals surface area contributed by atoms with Crippen molar-refractivity contribution in [2.75, 3.05) is 13.1 Å². The molecule has 0 spiro atoms. The molecule has 0 fully saturated rings. The zero-order valence-electron chi connectivity index (χ0n) is 13.0. The third-order valence-corrected chi connectivity index (χ3v) is 4.18. The Kier molecular flexibility index (Phi) is 9.07. The van der Waals surface area contributed by atoms with Crippen molar-refractivity contribution in [3.05, 3.63) is 52.5 Å². The topological polar surface area (TPSA) is 49.3 Å². The molecule has 2 heterocycles. The number of aliphatic imine (C=N–C) groups is 1. The highest BCUT2D eigenvalue weighted by molar-refractivity contribution is 14.0. The van der Waals surface area contributed by atoms with Crippen molar-refractivity contribution < 1.29 is 0 Å². The van der Waals surface area contributed by atoms with E-state index in [0.717, 1.165) is 24.7 Å². The fourth-order valence-corrected chi connectivity index (χ4v) is 2.70. The quantitative estimate of drug-likeness (QED) is 0.418. The number of rotatable bonds is 6. The Balaban J connectivity index is 0.00000242. The van der Waals surface area contributed by atoms with Crippen LogP contribution in [0.4, 0.5) is 0 Å². The first-order chi connectivity index (χ1) is 10.3. The van der Waals surface area contributed by atoms with Crippen molar-refractivity contribution in [3.8, 4) is 0 Å². The van der Waals surface area contributed by atoms with E-state index in [0.29, 0.717) is 12.5 Å². The summed E-state index contributed by atoms with van der Waals surface area (Å²) in [7, 11) is 0. The van der Waals surface area contributed by atoms with Crippen LogP contribution in [-0.4, -0.2) is 24.0 Å². The highest BCUT2D eigenvalue weighted by Gasteiger charge is 2.07. The van der Waals surface area contributed by atoms with Crippen molar-refractivity contribution in [1.29, 1.82) is 0 Å². The molecular weight excluding hydrogens is 407 g/mol. The van der Waals surface area contributed by atoms with E-state index in [1.54, 1.807) is 17.5 Å². The minimum atomic E-state index is 0. The van der Waals surface area contributed by atoms with Crippen LogP contribution in [0.3, 0.4) is 0 Å². The monoisotopic (exact) mass is 430 g/mol. The second-order valence-corrected chi connectivity index (χ2v) is 5.79. The van der Waals surface area contributed by atoms with Gasteiger partial charge in [-0.1, -0.05) is 19.1 Å². The van der Waals surface area contributed by atoms with Gasteiger partial charge in [0.2, 0.25) is 0 Å². The smallest absolute Gasteiger partial charge is 0.191 e. The number of pyridine rings is 1. The van der Waals surface area contributed by atoms with Gasteiger partial charge < -0.3 is 10.6 Å². The molecule has 4 nitrogen and oxygen atoms in total. The summed E-state index contributed by atoms with van der Waals surface area (Å²) in [4.78, 5) is 10.2. The predicted octanol–water partition coefficient (Wildman–Crippen LogP) is 3.62. The van der Waals surface area contributed by atoms with E-state index in [2.05, 4.69) is 52.0 Å². The molecule has 22 heavy (non-hydrogen) atoms. The van der Waals surface area contributed by atoms with Crippen LogP contribution in [0, 0.1) is 0 Å². The number of nitrogens with one attached hydrogen (secondary N) is 2. The van der Waals surface area contributed by atoms with E-state index in [9.17, 15) is 0 Å². The molecule has 0 saturated carbocycles. The molecule has 1 unspecified atom stereocenters. The van der Waals surface area contributed by atoms with Crippen LogP contribution in [0.15, 0.2) is 46.9 Å². The average molecular weight is 430 g/mol. The third-order valence-electron chi connectivity index (χ3n) is 3.07. The summed E-state index contributed by atoms with van der Waals surface area (Å²) in [5, 5.41) is 8.78. The van der Waals surface area contributed by atoms with Gasteiger partial charge in [0.15, 0.2) is 5.96 Å². The number of thiophene rings is 1. The minimum Gasteiger partial charge on any atom is -0.357 e. The second kappa shape index (κ2) is 10.6. The maximum Gasteiger partial charge on any atom is 0.191 e. The van der Waals surface area contributed by atoms with Crippen molar-refractivity contribution in [2.45, 2.75) is 26.3 Å². The van der Waals surface area contributed by atoms with Crippen LogP contribution < -0.4 is 10.6 Å². The molecule has 0 saturated heterocycles. The van der Waals surface area contributed by atoms with Crippen LogP contribution in [-0.2, 0) is 6.54 Å². The van der Waals surface area contributed by atoms with Crippen LogP contribution in [0.5, 0.6) is 0 Å². The molecule has 0 aliphatic carbocycles. The lowest BCUT2D eigenvalue weighted by molar-refractivity contribution is 0.708. The number of halogens is 1. The molecule has 120 valence electrons. The highest BCUT2D eigenvalue weighted by Crippen LogP contribution is 2.19. The molecule has 2 aromatic rings. The lowest BCUT2D eigenvalue weighted by Gasteiger charge is -2.14. The van der Waals surface area contributed by atoms with E-state index < -0.39 is 0 Å². The second-order valence-electron chi connectivity index (χ2n) is 4.81. The largest absolute Gasteiger partial charge is 0.357 e. The van der Waals surface area contributed by atoms with Gasteiger partial charge in [0.1, 0.15) is 0 Å². The third kappa shape index (κ3) is 6.31. The summed E-state index contributed by atoms with van der Waals surface area (Å²) in [5.41, 5.74) is 0.973. The van der Waals surface area contributed by atoms with Gasteiger partial charge in [-0.25, -0.2) is 4.99 Å². The number of hydrogen-bond donors (Lipinski definition) is 2. The van der Waals surface area contributed by atoms with Gasteiger partial charge in [-0.05, 0) is 30.5 Å². The maximum atomic E-state index is 4.57. The predicted molar refractivity (Wildman–Crippen MR) is 105 cm³/mol. The molecule has 0 radical (unpaired) electrons. The Hall–Kier alpha value is -1.15. The first kappa shape index (κ1) is 18.9. The lowest BCUT2D eigenvalue weighted by Crippen LogP contribution is -2.39. The molecule has 6 heteroatoms. The summed E-state index contributed by atoms with van der Waals surface area (Å²) in [5.74, 6) is 1.32. The summed E-state index contributed by atoms with van der Waals surface area (Å²) < 4.78 is 0. The molecule has 1 atom stereocenters. The fraction of sp³-hybridized carbons (Fsp3) is 0.375. The summed E-state index contributed by atoms with van der Waals surface area (Å²) in [6.07, 6.45) is 1.80. The first-order valence-corrected chi connectivity index (χ1v) is 8.13. The van der Waals surface area contributed by atoms with E-state index in [4.69, 9.17) is 0 Å². The Morgan fingerprint density at radius 2 is 2.14 bits per heavy atom. The molecule has 0 aliphatic rings. The number of aromatic nitrogens is 1. The van der Waals surface area contributed by atoms with Crippen LogP contribution in [0.1, 0.15) is 30.3 Å². The molecule has 0 amide bonds. The van der Waals surface area contributed by atoms with Crippen molar-refractivity contribution >= 4 is 41.3 Å². The molecule has 0 aliphatic heterocycles. The van der Waals surface area contributed by atoms with E-state index in [1.807, 2.05) is 18.2 Å². The number of guanidine groups is 1. The lowest BCUT2D eigenvalue weighted by atomic mass is 10.1. The van der Waals surface area contributed by atoms with E-state index in [1.165, 1.54) is 4.88 Å². The van der Waals surface area contributed by atoms with Crippen molar-refractivity contribution in [2.24, 2.45) is 4.99 Å². The maximum absolute atomic E-state index is 4.57. The Morgan fingerprint density at radius 1 is 1.27 bits per heavy atom.